The van der Waals surface area contributed by atoms with Gasteiger partial charge in [0.1, 0.15) is 11.8 Å². The molecule has 0 saturated heterocycles. The van der Waals surface area contributed by atoms with Crippen LogP contribution in [0.5, 0.6) is 0 Å². The Bertz CT molecular complexity index is 502. The second-order valence-electron chi connectivity index (χ2n) is 6.73. The molecule has 21 heavy (non-hydrogen) atoms. The molecule has 0 bridgehead atoms. The highest BCUT2D eigenvalue weighted by molar-refractivity contribution is 5.71. The first-order valence-electron chi connectivity index (χ1n) is 7.32. The first-order valence-corrected chi connectivity index (χ1v) is 7.32. The number of hydrogen-bond acceptors (Lipinski definition) is 4. The van der Waals surface area contributed by atoms with Crippen molar-refractivity contribution in [3.8, 4) is 0 Å². The summed E-state index contributed by atoms with van der Waals surface area (Å²) in [6.07, 6.45) is 1.74. The molecule has 0 aliphatic carbocycles. The largest absolute Gasteiger partial charge is 0.444 e. The summed E-state index contributed by atoms with van der Waals surface area (Å²) in [4.78, 5) is 16.3. The zero-order chi connectivity index (χ0) is 15.9. The smallest absolute Gasteiger partial charge is 0.411 e. The van der Waals surface area contributed by atoms with Crippen LogP contribution in [-0.4, -0.2) is 54.5 Å². The Morgan fingerprint density at radius 1 is 1.38 bits per heavy atom. The van der Waals surface area contributed by atoms with E-state index in [0.717, 1.165) is 5.70 Å². The molecule has 2 rings (SSSR count). The molecule has 0 aromatic heterocycles. The van der Waals surface area contributed by atoms with Crippen molar-refractivity contribution in [1.82, 2.24) is 9.80 Å². The molecule has 2 atom stereocenters. The van der Waals surface area contributed by atoms with Gasteiger partial charge in [-0.15, -0.1) is 0 Å². The highest BCUT2D eigenvalue weighted by Crippen LogP contribution is 2.36. The van der Waals surface area contributed by atoms with Gasteiger partial charge in [0.25, 0.3) is 0 Å². The van der Waals surface area contributed by atoms with E-state index in [1.807, 2.05) is 34.7 Å². The monoisotopic (exact) mass is 294 g/mol. The average molecular weight is 294 g/mol. The van der Waals surface area contributed by atoms with Crippen molar-refractivity contribution in [1.29, 1.82) is 0 Å². The van der Waals surface area contributed by atoms with Crippen LogP contribution in [0.1, 0.15) is 34.6 Å². The fourth-order valence-corrected chi connectivity index (χ4v) is 2.96. The summed E-state index contributed by atoms with van der Waals surface area (Å²) in [5.41, 5.74) is 3.04. The second-order valence-corrected chi connectivity index (χ2v) is 6.73. The Labute approximate surface area is 127 Å². The van der Waals surface area contributed by atoms with Gasteiger partial charge in [-0.2, -0.15) is 0 Å². The lowest BCUT2D eigenvalue weighted by molar-refractivity contribution is 0.0151. The van der Waals surface area contributed by atoms with Gasteiger partial charge in [0, 0.05) is 19.9 Å². The van der Waals surface area contributed by atoms with Crippen LogP contribution < -0.4 is 0 Å². The molecule has 2 aliphatic rings. The highest BCUT2D eigenvalue weighted by Gasteiger charge is 2.40. The van der Waals surface area contributed by atoms with Crippen LogP contribution in [-0.2, 0) is 9.47 Å². The molecule has 0 saturated carbocycles. The van der Waals surface area contributed by atoms with E-state index in [9.17, 15) is 4.79 Å². The van der Waals surface area contributed by atoms with Crippen LogP contribution in [0.15, 0.2) is 22.9 Å². The molecule has 0 fully saturated rings. The lowest BCUT2D eigenvalue weighted by Gasteiger charge is -2.35. The minimum Gasteiger partial charge on any atom is -0.444 e. The van der Waals surface area contributed by atoms with Crippen molar-refractivity contribution >= 4 is 6.09 Å². The number of methoxy groups -OCH3 is 1. The van der Waals surface area contributed by atoms with E-state index in [2.05, 4.69) is 17.9 Å². The summed E-state index contributed by atoms with van der Waals surface area (Å²) < 4.78 is 11.0. The molecule has 2 aliphatic heterocycles. The third-order valence-electron chi connectivity index (χ3n) is 4.00. The lowest BCUT2D eigenvalue weighted by Crippen LogP contribution is -2.43. The maximum absolute atomic E-state index is 12.4. The van der Waals surface area contributed by atoms with Gasteiger partial charge in [-0.1, -0.05) is 0 Å². The first-order chi connectivity index (χ1) is 9.65. The molecule has 5 nitrogen and oxygen atoms in total. The molecular weight excluding hydrogens is 268 g/mol. The van der Waals surface area contributed by atoms with Crippen molar-refractivity contribution in [3.05, 3.63) is 22.9 Å². The minimum absolute atomic E-state index is 0.0128. The number of amides is 1. The van der Waals surface area contributed by atoms with Gasteiger partial charge in [0.05, 0.1) is 12.6 Å². The van der Waals surface area contributed by atoms with E-state index < -0.39 is 5.60 Å². The zero-order valence-electron chi connectivity index (χ0n) is 14.1. The molecule has 5 heteroatoms. The number of nitrogens with zero attached hydrogens (tertiary/aromatic N) is 2. The number of carbonyl (C=O) groups is 1. The lowest BCUT2D eigenvalue weighted by atomic mass is 10.0. The predicted molar refractivity (Wildman–Crippen MR) is 81.7 cm³/mol. The first kappa shape index (κ1) is 15.9. The van der Waals surface area contributed by atoms with Crippen molar-refractivity contribution in [3.63, 3.8) is 0 Å². The molecule has 0 aromatic rings. The molecule has 2 heterocycles. The third-order valence-corrected chi connectivity index (χ3v) is 4.00. The topological polar surface area (TPSA) is 42.0 Å². The van der Waals surface area contributed by atoms with Crippen LogP contribution in [0, 0.1) is 0 Å². The molecular formula is C16H26N2O3. The molecule has 0 aromatic carbocycles. The van der Waals surface area contributed by atoms with Crippen molar-refractivity contribution in [2.75, 3.05) is 20.7 Å². The standard InChI is InChI=1S/C16H26N2O3/c1-10-8-13(20-7)17(6)14-11(2)18(9-12(10)14)15(19)21-16(3,4)5/h8,11,13H,9H2,1-7H3. The van der Waals surface area contributed by atoms with Crippen molar-refractivity contribution < 1.29 is 14.3 Å². The van der Waals surface area contributed by atoms with Crippen LogP contribution in [0.2, 0.25) is 0 Å². The van der Waals surface area contributed by atoms with E-state index in [-0.39, 0.29) is 18.4 Å². The van der Waals surface area contributed by atoms with Crippen LogP contribution in [0.25, 0.3) is 0 Å². The maximum Gasteiger partial charge on any atom is 0.411 e. The summed E-state index contributed by atoms with van der Waals surface area (Å²) in [5.74, 6) is 0. The van der Waals surface area contributed by atoms with Gasteiger partial charge >= 0.3 is 6.09 Å². The quantitative estimate of drug-likeness (QED) is 0.746. The Kier molecular flexibility index (Phi) is 4.06. The van der Waals surface area contributed by atoms with Crippen LogP contribution in [0.4, 0.5) is 4.79 Å². The molecule has 0 radical (unpaired) electrons. The summed E-state index contributed by atoms with van der Waals surface area (Å²) in [5, 5.41) is 0. The fourth-order valence-electron chi connectivity index (χ4n) is 2.96. The maximum atomic E-state index is 12.4. The highest BCUT2D eigenvalue weighted by atomic mass is 16.6. The van der Waals surface area contributed by atoms with Gasteiger partial charge in [0.2, 0.25) is 0 Å². The minimum atomic E-state index is -0.480. The number of likely N-dealkylation sites (N-methyl/N-ethyl adjacent to an activating group) is 1. The summed E-state index contributed by atoms with van der Waals surface area (Å²) in [7, 11) is 3.70. The second kappa shape index (κ2) is 5.37. The fraction of sp³-hybridized carbons (Fsp3) is 0.688. The molecule has 1 amide bonds. The summed E-state index contributed by atoms with van der Waals surface area (Å²) >= 11 is 0. The predicted octanol–water partition coefficient (Wildman–Crippen LogP) is 2.74. The Morgan fingerprint density at radius 3 is 2.52 bits per heavy atom. The van der Waals surface area contributed by atoms with Gasteiger partial charge in [-0.05, 0) is 51.8 Å². The Balaban J connectivity index is 2.22. The van der Waals surface area contributed by atoms with Gasteiger partial charge in [-0.25, -0.2) is 4.79 Å². The molecule has 0 N–H and O–H groups in total. The van der Waals surface area contributed by atoms with E-state index >= 15 is 0 Å². The van der Waals surface area contributed by atoms with Gasteiger partial charge < -0.3 is 14.4 Å². The number of rotatable bonds is 1. The molecule has 2 unspecified atom stereocenters. The molecule has 0 spiro atoms. The number of hydrogen-bond donors (Lipinski definition) is 0. The number of ether oxygens (including phenoxy) is 2. The third kappa shape index (κ3) is 2.93. The van der Waals surface area contributed by atoms with Gasteiger partial charge in [0.15, 0.2) is 0 Å². The van der Waals surface area contributed by atoms with E-state index in [4.69, 9.17) is 9.47 Å². The zero-order valence-corrected chi connectivity index (χ0v) is 14.1. The molecule has 118 valence electrons. The number of carbonyl (C=O) groups excluding carboxylic acids is 1. The SMILES string of the molecule is COC1C=C(C)C2=C(C(C)N(C(=O)OC(C)(C)C)C2)N1C. The van der Waals surface area contributed by atoms with E-state index in [1.165, 1.54) is 11.1 Å². The van der Waals surface area contributed by atoms with Crippen LogP contribution in [0.3, 0.4) is 0 Å². The normalized spacial score (nSPS) is 26.0. The average Bonchev–Trinajstić information content (AvgIpc) is 2.70. The van der Waals surface area contributed by atoms with Gasteiger partial charge in [-0.3, -0.25) is 4.90 Å². The Morgan fingerprint density at radius 2 is 2.00 bits per heavy atom. The Hall–Kier alpha value is -1.49. The van der Waals surface area contributed by atoms with Crippen LogP contribution >= 0.6 is 0 Å². The van der Waals surface area contributed by atoms with Crippen molar-refractivity contribution in [2.24, 2.45) is 0 Å². The summed E-state index contributed by atoms with van der Waals surface area (Å²) in [6, 6.07) is -0.0128. The van der Waals surface area contributed by atoms with E-state index in [1.54, 1.807) is 12.0 Å². The van der Waals surface area contributed by atoms with E-state index in [0.29, 0.717) is 6.54 Å². The summed E-state index contributed by atoms with van der Waals surface area (Å²) in [6.45, 7) is 10.4. The van der Waals surface area contributed by atoms with Crippen molar-refractivity contribution in [2.45, 2.75) is 52.5 Å².